The molecule has 1 N–H and O–H groups in total. The van der Waals surface area contributed by atoms with E-state index in [9.17, 15) is 0 Å². The third-order valence-corrected chi connectivity index (χ3v) is 3.76. The molecule has 0 saturated heterocycles. The van der Waals surface area contributed by atoms with Gasteiger partial charge in [0.2, 0.25) is 12.3 Å². The summed E-state index contributed by atoms with van der Waals surface area (Å²) in [5.41, 5.74) is 2.00. The first-order chi connectivity index (χ1) is 9.31. The Labute approximate surface area is 115 Å². The van der Waals surface area contributed by atoms with E-state index < -0.39 is 0 Å². The summed E-state index contributed by atoms with van der Waals surface area (Å²) in [4.78, 5) is 2.67. The molecule has 0 saturated carbocycles. The maximum absolute atomic E-state index is 5.15. The fourth-order valence-corrected chi connectivity index (χ4v) is 2.63. The van der Waals surface area contributed by atoms with Gasteiger partial charge >= 0.3 is 0 Å². The number of nitrogens with zero attached hydrogens (tertiary/aromatic N) is 2. The predicted molar refractivity (Wildman–Crippen MR) is 76.1 cm³/mol. The molecule has 0 spiro atoms. The molecule has 0 aliphatic rings. The van der Waals surface area contributed by atoms with Gasteiger partial charge in [0.25, 0.3) is 0 Å². The number of anilines is 1. The summed E-state index contributed by atoms with van der Waals surface area (Å²) in [5, 5.41) is 10.9. The molecule has 0 amide bonds. The minimum absolute atomic E-state index is 0.542. The van der Waals surface area contributed by atoms with E-state index in [1.807, 2.05) is 35.6 Å². The number of aromatic nitrogens is 2. The third kappa shape index (κ3) is 2.82. The van der Waals surface area contributed by atoms with E-state index in [0.717, 1.165) is 17.8 Å². The van der Waals surface area contributed by atoms with Crippen molar-refractivity contribution in [3.63, 3.8) is 0 Å². The Morgan fingerprint density at radius 1 is 1.16 bits per heavy atom. The lowest BCUT2D eigenvalue weighted by atomic mass is 10.2. The Hall–Kier alpha value is -2.14. The van der Waals surface area contributed by atoms with Crippen molar-refractivity contribution in [2.24, 2.45) is 0 Å². The lowest BCUT2D eigenvalue weighted by Gasteiger charge is -2.05. The molecule has 0 bridgehead atoms. The van der Waals surface area contributed by atoms with E-state index in [-0.39, 0.29) is 0 Å². The first-order valence-corrected chi connectivity index (χ1v) is 6.79. The van der Waals surface area contributed by atoms with Gasteiger partial charge in [0, 0.05) is 27.5 Å². The third-order valence-electron chi connectivity index (χ3n) is 2.75. The molecular formula is C14H13N3OS. The number of rotatable bonds is 4. The summed E-state index contributed by atoms with van der Waals surface area (Å²) >= 11 is 1.81. The molecule has 0 aliphatic carbocycles. The summed E-state index contributed by atoms with van der Waals surface area (Å²) in [6.45, 7) is 2.96. The van der Waals surface area contributed by atoms with Gasteiger partial charge in [-0.25, -0.2) is 0 Å². The Morgan fingerprint density at radius 3 is 2.63 bits per heavy atom. The van der Waals surface area contributed by atoms with Crippen molar-refractivity contribution in [3.05, 3.63) is 52.5 Å². The molecule has 0 aliphatic heterocycles. The average molecular weight is 271 g/mol. The highest BCUT2D eigenvalue weighted by Crippen LogP contribution is 2.20. The summed E-state index contributed by atoms with van der Waals surface area (Å²) in [6, 6.07) is 12.3. The van der Waals surface area contributed by atoms with Crippen LogP contribution in [0.2, 0.25) is 0 Å². The minimum atomic E-state index is 0.542. The van der Waals surface area contributed by atoms with Crippen molar-refractivity contribution in [1.29, 1.82) is 0 Å². The van der Waals surface area contributed by atoms with Gasteiger partial charge in [-0.3, -0.25) is 0 Å². The van der Waals surface area contributed by atoms with E-state index in [0.29, 0.717) is 5.89 Å². The summed E-state index contributed by atoms with van der Waals surface area (Å²) < 4.78 is 5.15. The first-order valence-electron chi connectivity index (χ1n) is 5.97. The standard InChI is InChI=1S/C14H13N3OS/c1-10-2-7-13(19-10)8-15-12-5-3-11(4-6-12)14-17-16-9-18-14/h2-7,9,15H,8H2,1H3. The van der Waals surface area contributed by atoms with Crippen molar-refractivity contribution in [1.82, 2.24) is 10.2 Å². The maximum atomic E-state index is 5.15. The molecule has 0 atom stereocenters. The maximum Gasteiger partial charge on any atom is 0.247 e. The molecule has 5 heteroatoms. The Balaban J connectivity index is 1.66. The fourth-order valence-electron chi connectivity index (χ4n) is 1.80. The zero-order valence-corrected chi connectivity index (χ0v) is 11.3. The van der Waals surface area contributed by atoms with Crippen LogP contribution in [0.4, 0.5) is 5.69 Å². The summed E-state index contributed by atoms with van der Waals surface area (Å²) in [7, 11) is 0. The van der Waals surface area contributed by atoms with Crippen LogP contribution in [0.5, 0.6) is 0 Å². The molecule has 96 valence electrons. The van der Waals surface area contributed by atoms with Crippen LogP contribution in [-0.4, -0.2) is 10.2 Å². The van der Waals surface area contributed by atoms with Crippen LogP contribution in [0.1, 0.15) is 9.75 Å². The van der Waals surface area contributed by atoms with Crippen LogP contribution < -0.4 is 5.32 Å². The van der Waals surface area contributed by atoms with Crippen molar-refractivity contribution in [2.75, 3.05) is 5.32 Å². The van der Waals surface area contributed by atoms with Crippen LogP contribution >= 0.6 is 11.3 Å². The van der Waals surface area contributed by atoms with Gasteiger partial charge in [0.15, 0.2) is 0 Å². The quantitative estimate of drug-likeness (QED) is 0.785. The van der Waals surface area contributed by atoms with Gasteiger partial charge < -0.3 is 9.73 Å². The van der Waals surface area contributed by atoms with E-state index in [2.05, 4.69) is 34.6 Å². The minimum Gasteiger partial charge on any atom is -0.423 e. The smallest absolute Gasteiger partial charge is 0.247 e. The van der Waals surface area contributed by atoms with Crippen LogP contribution in [-0.2, 0) is 6.54 Å². The number of hydrogen-bond donors (Lipinski definition) is 1. The second-order valence-electron chi connectivity index (χ2n) is 4.19. The normalized spacial score (nSPS) is 10.6. The van der Waals surface area contributed by atoms with E-state index >= 15 is 0 Å². The zero-order valence-electron chi connectivity index (χ0n) is 10.5. The second kappa shape index (κ2) is 5.24. The van der Waals surface area contributed by atoms with Gasteiger partial charge in [-0.15, -0.1) is 21.5 Å². The lowest BCUT2D eigenvalue weighted by Crippen LogP contribution is -1.96. The topological polar surface area (TPSA) is 51.0 Å². The van der Waals surface area contributed by atoms with E-state index in [1.165, 1.54) is 16.1 Å². The number of thiophene rings is 1. The zero-order chi connectivity index (χ0) is 13.1. The average Bonchev–Trinajstić information content (AvgIpc) is 3.08. The molecule has 19 heavy (non-hydrogen) atoms. The van der Waals surface area contributed by atoms with E-state index in [1.54, 1.807) is 0 Å². The van der Waals surface area contributed by atoms with E-state index in [4.69, 9.17) is 4.42 Å². The van der Waals surface area contributed by atoms with Crippen molar-refractivity contribution in [2.45, 2.75) is 13.5 Å². The molecule has 0 unspecified atom stereocenters. The lowest BCUT2D eigenvalue weighted by molar-refractivity contribution is 0.568. The molecule has 0 fully saturated rings. The Kier molecular flexibility index (Phi) is 3.29. The van der Waals surface area contributed by atoms with Crippen LogP contribution in [0, 0.1) is 6.92 Å². The monoisotopic (exact) mass is 271 g/mol. The van der Waals surface area contributed by atoms with Crippen molar-refractivity contribution >= 4 is 17.0 Å². The SMILES string of the molecule is Cc1ccc(CNc2ccc(-c3nnco3)cc2)s1. The highest BCUT2D eigenvalue weighted by Gasteiger charge is 2.03. The number of hydrogen-bond acceptors (Lipinski definition) is 5. The first kappa shape index (κ1) is 11.9. The van der Waals surface area contributed by atoms with Gasteiger partial charge in [-0.2, -0.15) is 0 Å². The van der Waals surface area contributed by atoms with Crippen LogP contribution in [0.3, 0.4) is 0 Å². The van der Waals surface area contributed by atoms with Crippen LogP contribution in [0.15, 0.2) is 47.2 Å². The summed E-state index contributed by atoms with van der Waals surface area (Å²) in [5.74, 6) is 0.542. The van der Waals surface area contributed by atoms with Gasteiger partial charge in [0.05, 0.1) is 0 Å². The van der Waals surface area contributed by atoms with Crippen molar-refractivity contribution < 1.29 is 4.42 Å². The molecule has 4 nitrogen and oxygen atoms in total. The molecule has 2 aromatic heterocycles. The van der Waals surface area contributed by atoms with Crippen LogP contribution in [0.25, 0.3) is 11.5 Å². The van der Waals surface area contributed by atoms with Gasteiger partial charge in [0.1, 0.15) is 0 Å². The predicted octanol–water partition coefficient (Wildman–Crippen LogP) is 3.72. The molecular weight excluding hydrogens is 258 g/mol. The molecule has 2 heterocycles. The molecule has 1 aromatic carbocycles. The van der Waals surface area contributed by atoms with Gasteiger partial charge in [-0.05, 0) is 43.3 Å². The molecule has 0 radical (unpaired) electrons. The molecule has 3 aromatic rings. The fraction of sp³-hybridized carbons (Fsp3) is 0.143. The highest BCUT2D eigenvalue weighted by molar-refractivity contribution is 7.11. The van der Waals surface area contributed by atoms with Crippen molar-refractivity contribution in [3.8, 4) is 11.5 Å². The highest BCUT2D eigenvalue weighted by atomic mass is 32.1. The summed E-state index contributed by atoms with van der Waals surface area (Å²) in [6.07, 6.45) is 1.33. The number of benzene rings is 1. The molecule has 3 rings (SSSR count). The Morgan fingerprint density at radius 2 is 2.00 bits per heavy atom. The largest absolute Gasteiger partial charge is 0.423 e. The second-order valence-corrected chi connectivity index (χ2v) is 5.56. The number of nitrogens with one attached hydrogen (secondary N) is 1. The Bertz CT molecular complexity index is 644. The number of aryl methyl sites for hydroxylation is 1. The van der Waals surface area contributed by atoms with Gasteiger partial charge in [-0.1, -0.05) is 0 Å².